The molecule has 0 saturated heterocycles. The lowest BCUT2D eigenvalue weighted by Crippen LogP contribution is -2.10. The van der Waals surface area contributed by atoms with E-state index in [1.807, 2.05) is 0 Å². The summed E-state index contributed by atoms with van der Waals surface area (Å²) in [7, 11) is 0. The first kappa shape index (κ1) is 11.1. The number of thioether (sulfide) groups is 1. The van der Waals surface area contributed by atoms with E-state index in [1.165, 1.54) is 0 Å². The third-order valence-electron chi connectivity index (χ3n) is 1.52. The number of carbonyl (C=O) groups excluding carboxylic acids is 1. The molecule has 14 heavy (non-hydrogen) atoms. The van der Waals surface area contributed by atoms with Gasteiger partial charge >= 0.3 is 0 Å². The van der Waals surface area contributed by atoms with Gasteiger partial charge in [-0.25, -0.2) is 0 Å². The van der Waals surface area contributed by atoms with Gasteiger partial charge in [-0.1, -0.05) is 23.4 Å². The van der Waals surface area contributed by atoms with Crippen molar-refractivity contribution in [2.45, 2.75) is 0 Å². The monoisotopic (exact) mass is 228 g/mol. The first-order valence-corrected chi connectivity index (χ1v) is 5.21. The summed E-state index contributed by atoms with van der Waals surface area (Å²) in [5.74, 6) is 0.138. The van der Waals surface area contributed by atoms with Crippen molar-refractivity contribution >= 4 is 34.3 Å². The van der Waals surface area contributed by atoms with E-state index in [1.54, 1.807) is 24.3 Å². The molecule has 0 bridgehead atoms. The van der Waals surface area contributed by atoms with E-state index in [2.05, 4.69) is 0 Å². The SMILES string of the molecule is N=C(N)SCC(=O)c1ccc(Cl)cc1. The summed E-state index contributed by atoms with van der Waals surface area (Å²) in [4.78, 5) is 11.4. The highest BCUT2D eigenvalue weighted by atomic mass is 35.5. The quantitative estimate of drug-likeness (QED) is 0.473. The zero-order valence-electron chi connectivity index (χ0n) is 7.29. The zero-order valence-corrected chi connectivity index (χ0v) is 8.86. The Hall–Kier alpha value is -1.00. The van der Waals surface area contributed by atoms with E-state index in [0.717, 1.165) is 11.8 Å². The number of Topliss-reactive ketones (excluding diaryl/α,β-unsaturated/α-hetero) is 1. The van der Waals surface area contributed by atoms with Crippen molar-refractivity contribution in [1.29, 1.82) is 5.41 Å². The molecule has 0 heterocycles. The Kier molecular flexibility index (Phi) is 3.98. The van der Waals surface area contributed by atoms with Gasteiger partial charge in [0.15, 0.2) is 11.0 Å². The molecule has 0 aliphatic carbocycles. The molecule has 74 valence electrons. The number of carbonyl (C=O) groups is 1. The predicted octanol–water partition coefficient (Wildman–Crippen LogP) is 2.15. The van der Waals surface area contributed by atoms with Gasteiger partial charge in [0.25, 0.3) is 0 Å². The maximum atomic E-state index is 11.4. The van der Waals surface area contributed by atoms with Crippen molar-refractivity contribution in [2.24, 2.45) is 5.73 Å². The minimum absolute atomic E-state index is 0.0488. The molecule has 0 atom stereocenters. The van der Waals surface area contributed by atoms with Crippen LogP contribution >= 0.6 is 23.4 Å². The van der Waals surface area contributed by atoms with Gasteiger partial charge < -0.3 is 5.73 Å². The molecule has 0 saturated carbocycles. The van der Waals surface area contributed by atoms with E-state index in [-0.39, 0.29) is 16.7 Å². The van der Waals surface area contributed by atoms with Crippen LogP contribution in [0.2, 0.25) is 5.02 Å². The standard InChI is InChI=1S/C9H9ClN2OS/c10-7-3-1-6(2-4-7)8(13)5-14-9(11)12/h1-4H,5H2,(H3,11,12). The Morgan fingerprint density at radius 2 is 2.00 bits per heavy atom. The fourth-order valence-corrected chi connectivity index (χ4v) is 1.44. The van der Waals surface area contributed by atoms with Gasteiger partial charge in [0.2, 0.25) is 0 Å². The summed E-state index contributed by atoms with van der Waals surface area (Å²) < 4.78 is 0. The van der Waals surface area contributed by atoms with Crippen LogP contribution in [0, 0.1) is 5.41 Å². The van der Waals surface area contributed by atoms with Crippen LogP contribution in [0.3, 0.4) is 0 Å². The first-order chi connectivity index (χ1) is 6.59. The van der Waals surface area contributed by atoms with E-state index >= 15 is 0 Å². The number of nitrogens with one attached hydrogen (secondary N) is 1. The Bertz CT molecular complexity index is 350. The second-order valence-corrected chi connectivity index (χ2v) is 4.04. The Morgan fingerprint density at radius 3 is 2.50 bits per heavy atom. The number of halogens is 1. The highest BCUT2D eigenvalue weighted by molar-refractivity contribution is 8.14. The second-order valence-electron chi connectivity index (χ2n) is 2.58. The highest BCUT2D eigenvalue weighted by Crippen LogP contribution is 2.11. The summed E-state index contributed by atoms with van der Waals surface area (Å²) in [6.45, 7) is 0. The minimum Gasteiger partial charge on any atom is -0.379 e. The van der Waals surface area contributed by atoms with E-state index in [4.69, 9.17) is 22.7 Å². The number of hydrogen-bond acceptors (Lipinski definition) is 3. The molecular formula is C9H9ClN2OS. The van der Waals surface area contributed by atoms with E-state index < -0.39 is 0 Å². The van der Waals surface area contributed by atoms with Crippen LogP contribution in [0.15, 0.2) is 24.3 Å². The number of amidine groups is 1. The molecule has 1 rings (SSSR count). The van der Waals surface area contributed by atoms with Crippen LogP contribution < -0.4 is 5.73 Å². The largest absolute Gasteiger partial charge is 0.379 e. The number of ketones is 1. The number of hydrogen-bond donors (Lipinski definition) is 2. The van der Waals surface area contributed by atoms with Crippen molar-refractivity contribution in [1.82, 2.24) is 0 Å². The topological polar surface area (TPSA) is 66.9 Å². The van der Waals surface area contributed by atoms with Gasteiger partial charge in [0.1, 0.15) is 0 Å². The molecule has 0 unspecified atom stereocenters. The summed E-state index contributed by atoms with van der Waals surface area (Å²) in [6.07, 6.45) is 0. The molecule has 0 fully saturated rings. The maximum absolute atomic E-state index is 11.4. The summed E-state index contributed by atoms with van der Waals surface area (Å²) in [6, 6.07) is 6.64. The van der Waals surface area contributed by atoms with Crippen molar-refractivity contribution in [2.75, 3.05) is 5.75 Å². The minimum atomic E-state index is -0.0538. The van der Waals surface area contributed by atoms with Gasteiger partial charge in [0, 0.05) is 10.6 Å². The normalized spacial score (nSPS) is 9.79. The van der Waals surface area contributed by atoms with Gasteiger partial charge in [-0.2, -0.15) is 0 Å². The average molecular weight is 229 g/mol. The summed E-state index contributed by atoms with van der Waals surface area (Å²) in [5, 5.41) is 7.50. The van der Waals surface area contributed by atoms with E-state index in [0.29, 0.717) is 10.6 Å². The third kappa shape index (κ3) is 3.40. The molecule has 0 aliphatic heterocycles. The molecule has 0 spiro atoms. The smallest absolute Gasteiger partial charge is 0.173 e. The van der Waals surface area contributed by atoms with Crippen LogP contribution in [0.25, 0.3) is 0 Å². The van der Waals surface area contributed by atoms with Gasteiger partial charge in [-0.3, -0.25) is 10.2 Å². The predicted molar refractivity (Wildman–Crippen MR) is 60.2 cm³/mol. The van der Waals surface area contributed by atoms with Crippen molar-refractivity contribution in [3.05, 3.63) is 34.9 Å². The van der Waals surface area contributed by atoms with E-state index in [9.17, 15) is 4.79 Å². The van der Waals surface area contributed by atoms with Crippen LogP contribution in [0.5, 0.6) is 0 Å². The molecular weight excluding hydrogens is 220 g/mol. The fraction of sp³-hybridized carbons (Fsp3) is 0.111. The lowest BCUT2D eigenvalue weighted by Gasteiger charge is -1.99. The molecule has 0 aromatic heterocycles. The highest BCUT2D eigenvalue weighted by Gasteiger charge is 2.06. The Balaban J connectivity index is 2.61. The molecule has 0 amide bonds. The molecule has 0 aliphatic rings. The Morgan fingerprint density at radius 1 is 1.43 bits per heavy atom. The van der Waals surface area contributed by atoms with Crippen LogP contribution in [0.4, 0.5) is 0 Å². The first-order valence-electron chi connectivity index (χ1n) is 3.85. The lowest BCUT2D eigenvalue weighted by molar-refractivity contribution is 0.102. The number of benzene rings is 1. The molecule has 3 N–H and O–H groups in total. The van der Waals surface area contributed by atoms with Gasteiger partial charge in [0.05, 0.1) is 5.75 Å². The summed E-state index contributed by atoms with van der Waals surface area (Å²) in [5.41, 5.74) is 5.70. The van der Waals surface area contributed by atoms with Crippen molar-refractivity contribution in [3.63, 3.8) is 0 Å². The molecule has 1 aromatic carbocycles. The van der Waals surface area contributed by atoms with Crippen LogP contribution in [0.1, 0.15) is 10.4 Å². The number of nitrogens with two attached hydrogens (primary N) is 1. The molecule has 3 nitrogen and oxygen atoms in total. The Labute approximate surface area is 91.1 Å². The maximum Gasteiger partial charge on any atom is 0.173 e. The summed E-state index contributed by atoms with van der Waals surface area (Å²) >= 11 is 6.69. The van der Waals surface area contributed by atoms with Crippen LogP contribution in [-0.2, 0) is 0 Å². The van der Waals surface area contributed by atoms with Crippen molar-refractivity contribution in [3.8, 4) is 0 Å². The van der Waals surface area contributed by atoms with Crippen LogP contribution in [-0.4, -0.2) is 16.7 Å². The molecule has 0 radical (unpaired) electrons. The third-order valence-corrected chi connectivity index (χ3v) is 2.49. The van der Waals surface area contributed by atoms with Crippen molar-refractivity contribution < 1.29 is 4.79 Å². The zero-order chi connectivity index (χ0) is 10.6. The molecule has 1 aromatic rings. The fourth-order valence-electron chi connectivity index (χ4n) is 0.862. The molecule has 5 heteroatoms. The number of rotatable bonds is 3. The van der Waals surface area contributed by atoms with Gasteiger partial charge in [-0.15, -0.1) is 0 Å². The lowest BCUT2D eigenvalue weighted by atomic mass is 10.1. The van der Waals surface area contributed by atoms with Gasteiger partial charge in [-0.05, 0) is 24.3 Å². The average Bonchev–Trinajstić information content (AvgIpc) is 2.15. The second kappa shape index (κ2) is 5.02.